The molecular weight excluding hydrogens is 356 g/mol. The summed E-state index contributed by atoms with van der Waals surface area (Å²) in [7, 11) is 3.95. The van der Waals surface area contributed by atoms with Gasteiger partial charge in [0.1, 0.15) is 12.0 Å². The first-order valence-electron chi connectivity index (χ1n) is 9.47. The van der Waals surface area contributed by atoms with Crippen LogP contribution in [0.25, 0.3) is 10.8 Å². The average Bonchev–Trinajstić information content (AvgIpc) is 3.21. The van der Waals surface area contributed by atoms with Gasteiger partial charge < -0.3 is 19.0 Å². The van der Waals surface area contributed by atoms with Crippen molar-refractivity contribution in [2.75, 3.05) is 27.2 Å². The molecule has 7 heteroatoms. The summed E-state index contributed by atoms with van der Waals surface area (Å²) in [5.41, 5.74) is 0.321. The monoisotopic (exact) mass is 380 g/mol. The van der Waals surface area contributed by atoms with Crippen LogP contribution in [0.2, 0.25) is 0 Å². The average molecular weight is 380 g/mol. The van der Waals surface area contributed by atoms with Crippen molar-refractivity contribution in [1.82, 2.24) is 19.8 Å². The van der Waals surface area contributed by atoms with Crippen LogP contribution in [-0.2, 0) is 6.61 Å². The largest absolute Gasteiger partial charge is 0.483 e. The maximum atomic E-state index is 12.7. The molecule has 3 aromatic rings. The molecule has 1 fully saturated rings. The number of nitrogens with zero attached hydrogens (tertiary/aromatic N) is 4. The van der Waals surface area contributed by atoms with E-state index in [1.807, 2.05) is 31.3 Å². The highest BCUT2D eigenvalue weighted by Gasteiger charge is 2.26. The van der Waals surface area contributed by atoms with E-state index in [0.29, 0.717) is 11.6 Å². The molecule has 7 nitrogen and oxygen atoms in total. The molecule has 146 valence electrons. The molecule has 4 rings (SSSR count). The lowest BCUT2D eigenvalue weighted by molar-refractivity contribution is 0.0653. The Bertz CT molecular complexity index is 958. The second kappa shape index (κ2) is 7.98. The number of pyridine rings is 1. The van der Waals surface area contributed by atoms with Crippen molar-refractivity contribution in [2.45, 2.75) is 25.5 Å². The van der Waals surface area contributed by atoms with E-state index in [1.54, 1.807) is 17.3 Å². The number of rotatable bonds is 5. The second-order valence-electron chi connectivity index (χ2n) is 7.22. The highest BCUT2D eigenvalue weighted by molar-refractivity contribution is 5.92. The first-order valence-corrected chi connectivity index (χ1v) is 9.47. The second-order valence-corrected chi connectivity index (χ2v) is 7.22. The minimum atomic E-state index is -0.110. The van der Waals surface area contributed by atoms with Crippen LogP contribution in [0.3, 0.4) is 0 Å². The van der Waals surface area contributed by atoms with Crippen molar-refractivity contribution < 1.29 is 13.9 Å². The number of hydrogen-bond acceptors (Lipinski definition) is 6. The summed E-state index contributed by atoms with van der Waals surface area (Å²) in [4.78, 5) is 25.2. The summed E-state index contributed by atoms with van der Waals surface area (Å²) in [5.74, 6) is 1.00. The molecule has 1 amide bonds. The molecule has 2 aromatic heterocycles. The Morgan fingerprint density at radius 2 is 2.14 bits per heavy atom. The van der Waals surface area contributed by atoms with Gasteiger partial charge in [0, 0.05) is 36.3 Å². The van der Waals surface area contributed by atoms with E-state index in [4.69, 9.17) is 9.15 Å². The molecule has 0 spiro atoms. The molecule has 0 unspecified atom stereocenters. The van der Waals surface area contributed by atoms with Crippen molar-refractivity contribution in [1.29, 1.82) is 0 Å². The highest BCUT2D eigenvalue weighted by Crippen LogP contribution is 2.25. The van der Waals surface area contributed by atoms with Gasteiger partial charge in [-0.1, -0.05) is 12.1 Å². The number of oxazole rings is 1. The lowest BCUT2D eigenvalue weighted by atomic mass is 10.0. The molecule has 1 saturated heterocycles. The van der Waals surface area contributed by atoms with Crippen LogP contribution in [0.1, 0.15) is 29.2 Å². The fourth-order valence-electron chi connectivity index (χ4n) is 3.56. The smallest absolute Gasteiger partial charge is 0.275 e. The fraction of sp³-hybridized carbons (Fsp3) is 0.381. The topological polar surface area (TPSA) is 71.7 Å². The van der Waals surface area contributed by atoms with E-state index in [9.17, 15) is 4.79 Å². The molecular formula is C21H24N4O3. The van der Waals surface area contributed by atoms with Crippen molar-refractivity contribution in [2.24, 2.45) is 0 Å². The lowest BCUT2D eigenvalue weighted by Gasteiger charge is -2.34. The zero-order valence-electron chi connectivity index (χ0n) is 16.2. The standard InChI is InChI=1S/C21H24N4O3/c1-24-10-7-16(8-11-24)25(2)21(26)18-13-28-20(23-18)14-27-19-5-3-4-15-12-22-9-6-17(15)19/h3-6,9,12-13,16H,7-8,10-11,14H2,1-2H3. The number of aromatic nitrogens is 2. The summed E-state index contributed by atoms with van der Waals surface area (Å²) in [6, 6.07) is 7.94. The number of ether oxygens (including phenoxy) is 1. The van der Waals surface area contributed by atoms with Crippen LogP contribution in [0.15, 0.2) is 47.3 Å². The Labute approximate surface area is 163 Å². The molecule has 0 N–H and O–H groups in total. The number of carbonyl (C=O) groups is 1. The van der Waals surface area contributed by atoms with Crippen molar-refractivity contribution >= 4 is 16.7 Å². The molecule has 0 radical (unpaired) electrons. The number of amides is 1. The first kappa shape index (κ1) is 18.4. The van der Waals surface area contributed by atoms with Gasteiger partial charge in [-0.3, -0.25) is 9.78 Å². The van der Waals surface area contributed by atoms with Crippen molar-refractivity contribution in [3.8, 4) is 5.75 Å². The van der Waals surface area contributed by atoms with Gasteiger partial charge in [0.2, 0.25) is 5.89 Å². The molecule has 3 heterocycles. The third-order valence-electron chi connectivity index (χ3n) is 5.32. The molecule has 1 aliphatic rings. The number of benzene rings is 1. The van der Waals surface area contributed by atoms with Crippen LogP contribution in [0.5, 0.6) is 5.75 Å². The SMILES string of the molecule is CN1CCC(N(C)C(=O)c2coc(COc3cccc4cnccc34)n2)CC1. The molecule has 28 heavy (non-hydrogen) atoms. The highest BCUT2D eigenvalue weighted by atomic mass is 16.5. The Balaban J connectivity index is 1.40. The van der Waals surface area contributed by atoms with Crippen LogP contribution in [0, 0.1) is 0 Å². The molecule has 1 aliphatic heterocycles. The van der Waals surface area contributed by atoms with Gasteiger partial charge in [0.05, 0.1) is 0 Å². The summed E-state index contributed by atoms with van der Waals surface area (Å²) < 4.78 is 11.3. The molecule has 0 atom stereocenters. The zero-order valence-corrected chi connectivity index (χ0v) is 16.2. The number of likely N-dealkylation sites (tertiary alicyclic amines) is 1. The van der Waals surface area contributed by atoms with E-state index >= 15 is 0 Å². The van der Waals surface area contributed by atoms with Gasteiger partial charge in [-0.2, -0.15) is 0 Å². The first-order chi connectivity index (χ1) is 13.6. The predicted octanol–water partition coefficient (Wildman–Crippen LogP) is 2.97. The number of carbonyl (C=O) groups excluding carboxylic acids is 1. The van der Waals surface area contributed by atoms with Crippen molar-refractivity contribution in [3.05, 3.63) is 54.5 Å². The number of piperidine rings is 1. The van der Waals surface area contributed by atoms with Crippen molar-refractivity contribution in [3.63, 3.8) is 0 Å². The lowest BCUT2D eigenvalue weighted by Crippen LogP contribution is -2.44. The van der Waals surface area contributed by atoms with Crippen LogP contribution < -0.4 is 4.74 Å². The zero-order chi connectivity index (χ0) is 19.5. The van der Waals surface area contributed by atoms with Crippen LogP contribution in [0.4, 0.5) is 0 Å². The third kappa shape index (κ3) is 3.84. The van der Waals surface area contributed by atoms with Gasteiger partial charge >= 0.3 is 0 Å². The summed E-state index contributed by atoms with van der Waals surface area (Å²) in [6.45, 7) is 2.16. The van der Waals surface area contributed by atoms with Gasteiger partial charge in [-0.15, -0.1) is 0 Å². The molecule has 0 bridgehead atoms. The van der Waals surface area contributed by atoms with E-state index in [1.165, 1.54) is 6.26 Å². The Kier molecular flexibility index (Phi) is 5.25. The Morgan fingerprint density at radius 1 is 1.32 bits per heavy atom. The fourth-order valence-corrected chi connectivity index (χ4v) is 3.56. The van der Waals surface area contributed by atoms with E-state index in [2.05, 4.69) is 21.9 Å². The van der Waals surface area contributed by atoms with Gasteiger partial charge in [-0.05, 0) is 45.1 Å². The molecule has 0 saturated carbocycles. The normalized spacial score (nSPS) is 15.6. The number of fused-ring (bicyclic) bond motifs is 1. The molecule has 1 aromatic carbocycles. The van der Waals surface area contributed by atoms with Gasteiger partial charge in [-0.25, -0.2) is 4.98 Å². The third-order valence-corrected chi connectivity index (χ3v) is 5.32. The maximum Gasteiger partial charge on any atom is 0.275 e. The minimum Gasteiger partial charge on any atom is -0.483 e. The van der Waals surface area contributed by atoms with Crippen LogP contribution in [-0.4, -0.2) is 58.9 Å². The molecule has 0 aliphatic carbocycles. The van der Waals surface area contributed by atoms with E-state index in [0.717, 1.165) is 42.5 Å². The number of hydrogen-bond donors (Lipinski definition) is 0. The van der Waals surface area contributed by atoms with Gasteiger partial charge in [0.15, 0.2) is 12.3 Å². The Hall–Kier alpha value is -2.93. The summed E-state index contributed by atoms with van der Waals surface area (Å²) in [6.07, 6.45) is 6.89. The quantitative estimate of drug-likeness (QED) is 0.678. The van der Waals surface area contributed by atoms with Crippen LogP contribution >= 0.6 is 0 Å². The predicted molar refractivity (Wildman–Crippen MR) is 105 cm³/mol. The Morgan fingerprint density at radius 3 is 2.96 bits per heavy atom. The maximum absolute atomic E-state index is 12.7. The van der Waals surface area contributed by atoms with E-state index < -0.39 is 0 Å². The summed E-state index contributed by atoms with van der Waals surface area (Å²) in [5, 5.41) is 1.98. The van der Waals surface area contributed by atoms with E-state index in [-0.39, 0.29) is 18.6 Å². The van der Waals surface area contributed by atoms with Gasteiger partial charge in [0.25, 0.3) is 5.91 Å². The minimum absolute atomic E-state index is 0.110. The summed E-state index contributed by atoms with van der Waals surface area (Å²) >= 11 is 0.